The highest BCUT2D eigenvalue weighted by atomic mass is 16.5. The first-order valence-electron chi connectivity index (χ1n) is 10.6. The van der Waals surface area contributed by atoms with Gasteiger partial charge in [-0.3, -0.25) is 0 Å². The van der Waals surface area contributed by atoms with Crippen LogP contribution in [0, 0.1) is 0 Å². The second-order valence-electron chi connectivity index (χ2n) is 7.77. The highest BCUT2D eigenvalue weighted by Gasteiger charge is 2.07. The zero-order valence-electron chi connectivity index (χ0n) is 18.3. The van der Waals surface area contributed by atoms with Crippen molar-refractivity contribution in [3.8, 4) is 22.3 Å². The highest BCUT2D eigenvalue weighted by molar-refractivity contribution is 5.61. The number of aryl methyl sites for hydroxylation is 2. The Morgan fingerprint density at radius 3 is 1.10 bits per heavy atom. The molecule has 0 atom stereocenters. The molecule has 0 fully saturated rings. The fourth-order valence-corrected chi connectivity index (χ4v) is 3.43. The highest BCUT2D eigenvalue weighted by Crippen LogP contribution is 2.16. The average molecular weight is 415 g/mol. The number of hydrogen-bond acceptors (Lipinski definition) is 1. The van der Waals surface area contributed by atoms with E-state index >= 15 is 0 Å². The minimum atomic E-state index is 0.699. The average Bonchev–Trinajstić information content (AvgIpc) is 2.81. The van der Waals surface area contributed by atoms with Gasteiger partial charge in [0.15, 0.2) is 62.7 Å². The first-order valence-corrected chi connectivity index (χ1v) is 10.6. The predicted molar refractivity (Wildman–Crippen MR) is 117 cm³/mol. The van der Waals surface area contributed by atoms with Crippen molar-refractivity contribution in [2.75, 3.05) is 13.2 Å². The molecule has 4 aromatic heterocycles. The third-order valence-corrected chi connectivity index (χ3v) is 5.39. The molecule has 156 valence electrons. The SMILES string of the molecule is C[n+]1ccc(-c2cc[n+](CCOCC[n+]3ccc(-c4cc[n+](C)cc4)cc3)cc2)cc1. The molecule has 0 saturated heterocycles. The van der Waals surface area contributed by atoms with E-state index in [1.807, 2.05) is 23.2 Å². The standard InChI is InChI=1S/C26H30N4O/c1-27-11-3-23(4-12-27)25-7-15-29(16-8-25)19-21-31-22-20-30-17-9-26(10-18-30)24-5-13-28(2)14-6-24/h3-18H,19-22H2,1-2H3/q+4. The predicted octanol–water partition coefficient (Wildman–Crippen LogP) is 1.96. The topological polar surface area (TPSA) is 24.8 Å². The van der Waals surface area contributed by atoms with Gasteiger partial charge in [-0.05, 0) is 22.3 Å². The third-order valence-electron chi connectivity index (χ3n) is 5.39. The molecule has 0 bridgehead atoms. The van der Waals surface area contributed by atoms with Crippen LogP contribution in [0.15, 0.2) is 98.1 Å². The molecule has 0 aliphatic carbocycles. The van der Waals surface area contributed by atoms with E-state index in [1.54, 1.807) is 0 Å². The molecule has 0 aromatic carbocycles. The summed E-state index contributed by atoms with van der Waals surface area (Å²) in [6.07, 6.45) is 16.7. The number of ether oxygens (including phenoxy) is 1. The van der Waals surface area contributed by atoms with Crippen molar-refractivity contribution in [2.45, 2.75) is 13.1 Å². The Bertz CT molecular complexity index is 999. The van der Waals surface area contributed by atoms with Crippen LogP contribution in [-0.2, 0) is 31.9 Å². The van der Waals surface area contributed by atoms with Gasteiger partial charge in [0, 0.05) is 48.5 Å². The number of pyridine rings is 4. The van der Waals surface area contributed by atoms with Gasteiger partial charge in [0.1, 0.15) is 27.3 Å². The lowest BCUT2D eigenvalue weighted by molar-refractivity contribution is -0.705. The minimum Gasteiger partial charge on any atom is -0.368 e. The zero-order chi connectivity index (χ0) is 21.5. The van der Waals surface area contributed by atoms with Crippen LogP contribution in [0.4, 0.5) is 0 Å². The Balaban J connectivity index is 1.20. The molecular formula is C26H30N4O+4. The monoisotopic (exact) mass is 414 g/mol. The molecule has 0 N–H and O–H groups in total. The number of nitrogens with zero attached hydrogens (tertiary/aromatic N) is 4. The largest absolute Gasteiger partial charge is 0.368 e. The van der Waals surface area contributed by atoms with Crippen LogP contribution in [0.5, 0.6) is 0 Å². The van der Waals surface area contributed by atoms with Crippen LogP contribution >= 0.6 is 0 Å². The van der Waals surface area contributed by atoms with E-state index < -0.39 is 0 Å². The Labute approximate surface area is 184 Å². The molecule has 0 aliphatic heterocycles. The van der Waals surface area contributed by atoms with Gasteiger partial charge in [-0.25, -0.2) is 18.3 Å². The fraction of sp³-hybridized carbons (Fsp3) is 0.231. The lowest BCUT2D eigenvalue weighted by atomic mass is 10.1. The van der Waals surface area contributed by atoms with Crippen molar-refractivity contribution in [3.05, 3.63) is 98.1 Å². The van der Waals surface area contributed by atoms with Crippen LogP contribution < -0.4 is 18.3 Å². The summed E-state index contributed by atoms with van der Waals surface area (Å²) in [4.78, 5) is 0. The summed E-state index contributed by atoms with van der Waals surface area (Å²) in [5, 5.41) is 0. The van der Waals surface area contributed by atoms with Gasteiger partial charge in [0.2, 0.25) is 0 Å². The molecule has 4 heterocycles. The van der Waals surface area contributed by atoms with Gasteiger partial charge in [-0.2, -0.15) is 0 Å². The fourth-order valence-electron chi connectivity index (χ4n) is 3.43. The summed E-state index contributed by atoms with van der Waals surface area (Å²) in [6.45, 7) is 3.09. The molecule has 0 aliphatic rings. The number of rotatable bonds is 8. The molecule has 0 unspecified atom stereocenters. The van der Waals surface area contributed by atoms with Crippen molar-refractivity contribution in [1.29, 1.82) is 0 Å². The minimum absolute atomic E-state index is 0.699. The van der Waals surface area contributed by atoms with Crippen LogP contribution in [0.25, 0.3) is 22.3 Å². The summed E-state index contributed by atoms with van der Waals surface area (Å²) >= 11 is 0. The lowest BCUT2D eigenvalue weighted by Gasteiger charge is -2.03. The van der Waals surface area contributed by atoms with E-state index in [0.717, 1.165) is 13.1 Å². The summed E-state index contributed by atoms with van der Waals surface area (Å²) in [7, 11) is 4.06. The summed E-state index contributed by atoms with van der Waals surface area (Å²) in [5.74, 6) is 0. The second-order valence-corrected chi connectivity index (χ2v) is 7.77. The van der Waals surface area contributed by atoms with Crippen molar-refractivity contribution in [1.82, 2.24) is 0 Å². The second kappa shape index (κ2) is 10.0. The third kappa shape index (κ3) is 5.80. The maximum absolute atomic E-state index is 5.85. The van der Waals surface area contributed by atoms with Crippen LogP contribution in [0.3, 0.4) is 0 Å². The maximum atomic E-state index is 5.85. The van der Waals surface area contributed by atoms with Crippen molar-refractivity contribution in [3.63, 3.8) is 0 Å². The Hall–Kier alpha value is -3.44. The van der Waals surface area contributed by atoms with Crippen molar-refractivity contribution in [2.24, 2.45) is 14.1 Å². The van der Waals surface area contributed by atoms with E-state index in [4.69, 9.17) is 4.74 Å². The van der Waals surface area contributed by atoms with E-state index in [1.165, 1.54) is 22.3 Å². The van der Waals surface area contributed by atoms with Crippen molar-refractivity contribution < 1.29 is 23.0 Å². The van der Waals surface area contributed by atoms with Crippen LogP contribution in [0.2, 0.25) is 0 Å². The smallest absolute Gasteiger partial charge is 0.171 e. The quantitative estimate of drug-likeness (QED) is 0.320. The van der Waals surface area contributed by atoms with E-state index in [9.17, 15) is 0 Å². The van der Waals surface area contributed by atoms with Gasteiger partial charge >= 0.3 is 0 Å². The summed E-state index contributed by atoms with van der Waals surface area (Å²) in [5.41, 5.74) is 4.90. The van der Waals surface area contributed by atoms with E-state index in [2.05, 4.69) is 107 Å². The molecule has 0 spiro atoms. The van der Waals surface area contributed by atoms with Gasteiger partial charge in [-0.1, -0.05) is 0 Å². The first-order chi connectivity index (χ1) is 15.2. The van der Waals surface area contributed by atoms with Gasteiger partial charge < -0.3 is 4.74 Å². The van der Waals surface area contributed by atoms with Crippen LogP contribution in [-0.4, -0.2) is 13.2 Å². The molecule has 0 amide bonds. The molecule has 0 radical (unpaired) electrons. The Morgan fingerprint density at radius 1 is 0.484 bits per heavy atom. The Kier molecular flexibility index (Phi) is 6.75. The summed E-state index contributed by atoms with van der Waals surface area (Å²) in [6, 6.07) is 17.1. The molecule has 5 nitrogen and oxygen atoms in total. The molecule has 4 aromatic rings. The van der Waals surface area contributed by atoms with Gasteiger partial charge in [0.05, 0.1) is 0 Å². The molecule has 31 heavy (non-hydrogen) atoms. The molecular weight excluding hydrogens is 384 g/mol. The maximum Gasteiger partial charge on any atom is 0.171 e. The number of hydrogen-bond donors (Lipinski definition) is 0. The molecule has 0 saturated carbocycles. The zero-order valence-corrected chi connectivity index (χ0v) is 18.3. The van der Waals surface area contributed by atoms with E-state index in [-0.39, 0.29) is 0 Å². The number of aromatic nitrogens is 4. The van der Waals surface area contributed by atoms with Crippen LogP contribution in [0.1, 0.15) is 0 Å². The lowest BCUT2D eigenvalue weighted by Crippen LogP contribution is -2.37. The molecule has 5 heteroatoms. The first kappa shape index (κ1) is 20.8. The van der Waals surface area contributed by atoms with E-state index in [0.29, 0.717) is 13.2 Å². The Morgan fingerprint density at radius 2 is 0.774 bits per heavy atom. The summed E-state index contributed by atoms with van der Waals surface area (Å²) < 4.78 is 14.3. The normalized spacial score (nSPS) is 10.9. The molecule has 4 rings (SSSR count). The van der Waals surface area contributed by atoms with Gasteiger partial charge in [0.25, 0.3) is 0 Å². The van der Waals surface area contributed by atoms with Gasteiger partial charge in [-0.15, -0.1) is 0 Å². The van der Waals surface area contributed by atoms with Crippen molar-refractivity contribution >= 4 is 0 Å².